The second kappa shape index (κ2) is 4.28. The standard InChI is InChI=1S/C16H28O/c1-8-12-9-10-16(17,15(5,6)7)13(11-12)14(2,3)4/h9-11,13,17H,8H2,1-7H3. The van der Waals surface area contributed by atoms with E-state index in [1.165, 1.54) is 5.57 Å². The molecule has 0 bridgehead atoms. The van der Waals surface area contributed by atoms with Crippen molar-refractivity contribution in [3.8, 4) is 0 Å². The van der Waals surface area contributed by atoms with E-state index in [0.29, 0.717) is 0 Å². The van der Waals surface area contributed by atoms with Crippen molar-refractivity contribution in [3.05, 3.63) is 23.8 Å². The summed E-state index contributed by atoms with van der Waals surface area (Å²) in [4.78, 5) is 0. The van der Waals surface area contributed by atoms with E-state index in [-0.39, 0.29) is 16.7 Å². The van der Waals surface area contributed by atoms with E-state index in [2.05, 4.69) is 60.6 Å². The maximum absolute atomic E-state index is 11.1. The van der Waals surface area contributed by atoms with Crippen LogP contribution in [-0.2, 0) is 0 Å². The van der Waals surface area contributed by atoms with Gasteiger partial charge in [-0.25, -0.2) is 0 Å². The molecule has 0 spiro atoms. The smallest absolute Gasteiger partial charge is 0.0946 e. The van der Waals surface area contributed by atoms with Gasteiger partial charge in [-0.2, -0.15) is 0 Å². The minimum atomic E-state index is -0.760. The Hall–Kier alpha value is -0.560. The SMILES string of the molecule is CCC1=CC(C(C)(C)C)C(O)(C(C)(C)C)C=C1. The molecule has 1 rings (SSSR count). The molecule has 1 aliphatic rings. The highest BCUT2D eigenvalue weighted by Gasteiger charge is 2.49. The average molecular weight is 236 g/mol. The molecule has 2 atom stereocenters. The lowest BCUT2D eigenvalue weighted by Crippen LogP contribution is -2.52. The van der Waals surface area contributed by atoms with Gasteiger partial charge < -0.3 is 5.11 Å². The van der Waals surface area contributed by atoms with Crippen molar-refractivity contribution in [2.75, 3.05) is 0 Å². The lowest BCUT2D eigenvalue weighted by atomic mass is 9.59. The zero-order valence-corrected chi connectivity index (χ0v) is 12.5. The van der Waals surface area contributed by atoms with Crippen molar-refractivity contribution in [1.82, 2.24) is 0 Å². The monoisotopic (exact) mass is 236 g/mol. The van der Waals surface area contributed by atoms with Crippen LogP contribution in [0.5, 0.6) is 0 Å². The number of aliphatic hydroxyl groups is 1. The molecule has 0 heterocycles. The Morgan fingerprint density at radius 2 is 1.71 bits per heavy atom. The molecule has 0 aromatic heterocycles. The van der Waals surface area contributed by atoms with Crippen LogP contribution in [0.25, 0.3) is 0 Å². The Labute approximate surface area is 107 Å². The van der Waals surface area contributed by atoms with Gasteiger partial charge in [0.25, 0.3) is 0 Å². The van der Waals surface area contributed by atoms with Crippen LogP contribution in [0.4, 0.5) is 0 Å². The molecule has 0 radical (unpaired) electrons. The molecule has 0 aliphatic heterocycles. The van der Waals surface area contributed by atoms with Gasteiger partial charge in [-0.1, -0.05) is 72.3 Å². The van der Waals surface area contributed by atoms with E-state index in [1.807, 2.05) is 6.08 Å². The van der Waals surface area contributed by atoms with Gasteiger partial charge in [0.1, 0.15) is 0 Å². The highest BCUT2D eigenvalue weighted by molar-refractivity contribution is 5.33. The average Bonchev–Trinajstić information content (AvgIpc) is 2.15. The topological polar surface area (TPSA) is 20.2 Å². The van der Waals surface area contributed by atoms with Crippen LogP contribution in [0, 0.1) is 16.7 Å². The number of hydrogen-bond acceptors (Lipinski definition) is 1. The minimum absolute atomic E-state index is 0.0627. The fourth-order valence-electron chi connectivity index (χ4n) is 2.60. The molecule has 0 amide bonds. The van der Waals surface area contributed by atoms with Gasteiger partial charge in [0.2, 0.25) is 0 Å². The first-order valence-electron chi connectivity index (χ1n) is 6.64. The largest absolute Gasteiger partial charge is 0.385 e. The van der Waals surface area contributed by atoms with Crippen LogP contribution in [0.15, 0.2) is 23.8 Å². The predicted molar refractivity (Wildman–Crippen MR) is 74.9 cm³/mol. The molecule has 98 valence electrons. The normalized spacial score (nSPS) is 30.4. The summed E-state index contributed by atoms with van der Waals surface area (Å²) in [6.45, 7) is 15.1. The number of allylic oxidation sites excluding steroid dienone is 2. The summed E-state index contributed by atoms with van der Waals surface area (Å²) >= 11 is 0. The van der Waals surface area contributed by atoms with Crippen LogP contribution >= 0.6 is 0 Å². The van der Waals surface area contributed by atoms with Crippen molar-refractivity contribution < 1.29 is 5.11 Å². The molecule has 1 heteroatoms. The lowest BCUT2D eigenvalue weighted by Gasteiger charge is -2.49. The van der Waals surface area contributed by atoms with Crippen LogP contribution in [0.2, 0.25) is 0 Å². The Balaban J connectivity index is 3.26. The summed E-state index contributed by atoms with van der Waals surface area (Å²) in [6.07, 6.45) is 7.41. The van der Waals surface area contributed by atoms with Gasteiger partial charge in [-0.05, 0) is 17.3 Å². The highest BCUT2D eigenvalue weighted by atomic mass is 16.3. The van der Waals surface area contributed by atoms with Crippen LogP contribution in [-0.4, -0.2) is 10.7 Å². The van der Waals surface area contributed by atoms with Gasteiger partial charge in [-0.3, -0.25) is 0 Å². The fourth-order valence-corrected chi connectivity index (χ4v) is 2.60. The molecule has 0 fully saturated rings. The third-order valence-corrected chi connectivity index (χ3v) is 3.95. The summed E-state index contributed by atoms with van der Waals surface area (Å²) in [5.74, 6) is 0.162. The minimum Gasteiger partial charge on any atom is -0.385 e. The fraction of sp³-hybridized carbons (Fsp3) is 0.750. The summed E-state index contributed by atoms with van der Waals surface area (Å²) in [5.41, 5.74) is 0.479. The molecule has 1 nitrogen and oxygen atoms in total. The first kappa shape index (κ1) is 14.5. The van der Waals surface area contributed by atoms with Crippen LogP contribution in [0.3, 0.4) is 0 Å². The van der Waals surface area contributed by atoms with E-state index in [4.69, 9.17) is 0 Å². The maximum atomic E-state index is 11.1. The molecular formula is C16H28O. The van der Waals surface area contributed by atoms with Crippen molar-refractivity contribution in [2.24, 2.45) is 16.7 Å². The molecular weight excluding hydrogens is 208 g/mol. The zero-order chi connectivity index (χ0) is 13.5. The molecule has 17 heavy (non-hydrogen) atoms. The summed E-state index contributed by atoms with van der Waals surface area (Å²) in [5, 5.41) is 11.1. The molecule has 0 saturated carbocycles. The van der Waals surface area contributed by atoms with Crippen molar-refractivity contribution >= 4 is 0 Å². The third kappa shape index (κ3) is 2.65. The molecule has 0 saturated heterocycles. The Morgan fingerprint density at radius 1 is 1.18 bits per heavy atom. The predicted octanol–water partition coefficient (Wildman–Crippen LogP) is 4.33. The molecule has 0 aromatic carbocycles. The van der Waals surface area contributed by atoms with E-state index in [9.17, 15) is 5.11 Å². The van der Waals surface area contributed by atoms with Gasteiger partial charge >= 0.3 is 0 Å². The summed E-state index contributed by atoms with van der Waals surface area (Å²) in [6, 6.07) is 0. The Bertz CT molecular complexity index is 336. The zero-order valence-electron chi connectivity index (χ0n) is 12.5. The first-order valence-corrected chi connectivity index (χ1v) is 6.64. The molecule has 1 N–H and O–H groups in total. The second-order valence-electron chi connectivity index (χ2n) is 7.35. The van der Waals surface area contributed by atoms with Gasteiger partial charge in [0, 0.05) is 5.92 Å². The van der Waals surface area contributed by atoms with E-state index < -0.39 is 5.60 Å². The second-order valence-corrected chi connectivity index (χ2v) is 7.35. The summed E-state index contributed by atoms with van der Waals surface area (Å²) < 4.78 is 0. The number of hydrogen-bond donors (Lipinski definition) is 1. The lowest BCUT2D eigenvalue weighted by molar-refractivity contribution is -0.0805. The van der Waals surface area contributed by atoms with Crippen LogP contribution < -0.4 is 0 Å². The highest BCUT2D eigenvalue weighted by Crippen LogP contribution is 2.48. The third-order valence-electron chi connectivity index (χ3n) is 3.95. The van der Waals surface area contributed by atoms with Gasteiger partial charge in [0.15, 0.2) is 0 Å². The molecule has 1 aliphatic carbocycles. The Morgan fingerprint density at radius 3 is 2.06 bits per heavy atom. The first-order chi connectivity index (χ1) is 7.52. The molecule has 2 unspecified atom stereocenters. The Kier molecular flexibility index (Phi) is 3.65. The summed E-state index contributed by atoms with van der Waals surface area (Å²) in [7, 11) is 0. The van der Waals surface area contributed by atoms with Gasteiger partial charge in [-0.15, -0.1) is 0 Å². The quantitative estimate of drug-likeness (QED) is 0.718. The van der Waals surface area contributed by atoms with E-state index in [1.54, 1.807) is 0 Å². The molecule has 0 aromatic rings. The van der Waals surface area contributed by atoms with Crippen molar-refractivity contribution in [2.45, 2.75) is 60.5 Å². The maximum Gasteiger partial charge on any atom is 0.0946 e. The van der Waals surface area contributed by atoms with E-state index >= 15 is 0 Å². The van der Waals surface area contributed by atoms with Crippen molar-refractivity contribution in [3.63, 3.8) is 0 Å². The van der Waals surface area contributed by atoms with Crippen LogP contribution in [0.1, 0.15) is 54.9 Å². The van der Waals surface area contributed by atoms with Gasteiger partial charge in [0.05, 0.1) is 5.60 Å². The number of rotatable bonds is 1. The van der Waals surface area contributed by atoms with Crippen molar-refractivity contribution in [1.29, 1.82) is 0 Å². The van der Waals surface area contributed by atoms with E-state index in [0.717, 1.165) is 6.42 Å².